The number of rotatable bonds is 7. The topological polar surface area (TPSA) is 63.5 Å². The van der Waals surface area contributed by atoms with Crippen molar-refractivity contribution in [1.82, 2.24) is 24.8 Å². The van der Waals surface area contributed by atoms with Gasteiger partial charge in [-0.1, -0.05) is 23.4 Å². The molecule has 1 atom stereocenters. The molecular formula is C20H29N5O2. The van der Waals surface area contributed by atoms with Crippen LogP contribution in [-0.4, -0.2) is 64.0 Å². The summed E-state index contributed by atoms with van der Waals surface area (Å²) in [6.45, 7) is 8.09. The Morgan fingerprint density at radius 1 is 1.30 bits per heavy atom. The van der Waals surface area contributed by atoms with Gasteiger partial charge in [-0.3, -0.25) is 9.69 Å². The van der Waals surface area contributed by atoms with Crippen molar-refractivity contribution in [3.63, 3.8) is 0 Å². The van der Waals surface area contributed by atoms with Gasteiger partial charge in [0.05, 0.1) is 19.3 Å². The number of carbonyl (C=O) groups is 1. The van der Waals surface area contributed by atoms with Crippen molar-refractivity contribution < 1.29 is 9.53 Å². The number of para-hydroxylation sites is 1. The van der Waals surface area contributed by atoms with E-state index in [9.17, 15) is 4.79 Å². The van der Waals surface area contributed by atoms with E-state index in [0.29, 0.717) is 18.8 Å². The fraction of sp³-hybridized carbons (Fsp3) is 0.550. The van der Waals surface area contributed by atoms with Crippen molar-refractivity contribution >= 4 is 5.91 Å². The highest BCUT2D eigenvalue weighted by molar-refractivity contribution is 5.91. The number of methoxy groups -OCH3 is 1. The second kappa shape index (κ2) is 8.99. The van der Waals surface area contributed by atoms with Crippen LogP contribution >= 0.6 is 0 Å². The molecule has 0 saturated carbocycles. The van der Waals surface area contributed by atoms with Gasteiger partial charge in [-0.25, -0.2) is 4.68 Å². The van der Waals surface area contributed by atoms with E-state index in [-0.39, 0.29) is 11.9 Å². The quantitative estimate of drug-likeness (QED) is 0.749. The van der Waals surface area contributed by atoms with Crippen LogP contribution in [0.15, 0.2) is 30.5 Å². The maximum Gasteiger partial charge on any atom is 0.276 e. The fourth-order valence-corrected chi connectivity index (χ4v) is 3.69. The normalized spacial score (nSPS) is 17.7. The summed E-state index contributed by atoms with van der Waals surface area (Å²) in [4.78, 5) is 16.6. The van der Waals surface area contributed by atoms with Crippen molar-refractivity contribution in [1.29, 1.82) is 0 Å². The van der Waals surface area contributed by atoms with Crippen molar-refractivity contribution in [3.8, 4) is 5.75 Å². The number of hydrogen-bond donors (Lipinski definition) is 0. The Kier molecular flexibility index (Phi) is 6.45. The first kappa shape index (κ1) is 19.4. The zero-order chi connectivity index (χ0) is 19.2. The smallest absolute Gasteiger partial charge is 0.276 e. The van der Waals surface area contributed by atoms with Crippen LogP contribution in [0.5, 0.6) is 5.75 Å². The van der Waals surface area contributed by atoms with Gasteiger partial charge in [0.15, 0.2) is 5.69 Å². The van der Waals surface area contributed by atoms with Gasteiger partial charge in [0.2, 0.25) is 0 Å². The Hall–Kier alpha value is -2.41. The lowest BCUT2D eigenvalue weighted by atomic mass is 10.0. The second-order valence-electron chi connectivity index (χ2n) is 6.90. The molecule has 0 aliphatic carbocycles. The molecule has 7 heteroatoms. The van der Waals surface area contributed by atoms with Gasteiger partial charge < -0.3 is 9.64 Å². The molecule has 2 aromatic rings. The largest absolute Gasteiger partial charge is 0.496 e. The van der Waals surface area contributed by atoms with Crippen LogP contribution in [0.25, 0.3) is 0 Å². The van der Waals surface area contributed by atoms with E-state index in [2.05, 4.69) is 21.3 Å². The van der Waals surface area contributed by atoms with Crippen LogP contribution in [0.3, 0.4) is 0 Å². The molecule has 1 fully saturated rings. The summed E-state index contributed by atoms with van der Waals surface area (Å²) in [6, 6.07) is 8.38. The molecule has 27 heavy (non-hydrogen) atoms. The summed E-state index contributed by atoms with van der Waals surface area (Å²) in [5, 5.41) is 8.38. The molecule has 3 rings (SSSR count). The lowest BCUT2D eigenvalue weighted by molar-refractivity contribution is 0.0767. The molecular weight excluding hydrogens is 342 g/mol. The van der Waals surface area contributed by atoms with Crippen LogP contribution in [0.4, 0.5) is 0 Å². The van der Waals surface area contributed by atoms with E-state index >= 15 is 0 Å². The lowest BCUT2D eigenvalue weighted by Gasteiger charge is -2.32. The van der Waals surface area contributed by atoms with Crippen molar-refractivity contribution in [2.24, 2.45) is 0 Å². The summed E-state index contributed by atoms with van der Waals surface area (Å²) in [5.41, 5.74) is 1.62. The van der Waals surface area contributed by atoms with Crippen LogP contribution in [0.2, 0.25) is 0 Å². The summed E-state index contributed by atoms with van der Waals surface area (Å²) < 4.78 is 7.34. The van der Waals surface area contributed by atoms with E-state index in [0.717, 1.165) is 38.2 Å². The highest BCUT2D eigenvalue weighted by Crippen LogP contribution is 2.25. The van der Waals surface area contributed by atoms with Crippen LogP contribution in [-0.2, 0) is 6.54 Å². The predicted molar refractivity (Wildman–Crippen MR) is 104 cm³/mol. The minimum Gasteiger partial charge on any atom is -0.496 e. The number of piperidine rings is 1. The molecule has 1 aromatic heterocycles. The van der Waals surface area contributed by atoms with Gasteiger partial charge in [0.1, 0.15) is 5.75 Å². The molecule has 0 bridgehead atoms. The summed E-state index contributed by atoms with van der Waals surface area (Å²) in [7, 11) is 1.71. The van der Waals surface area contributed by atoms with Crippen molar-refractivity contribution in [2.45, 2.75) is 39.3 Å². The number of hydrogen-bond acceptors (Lipinski definition) is 5. The Balaban J connectivity index is 1.67. The maximum absolute atomic E-state index is 12.5. The Bertz CT molecular complexity index is 756. The highest BCUT2D eigenvalue weighted by atomic mass is 16.5. The Labute approximate surface area is 160 Å². The van der Waals surface area contributed by atoms with E-state index in [1.54, 1.807) is 18.2 Å². The van der Waals surface area contributed by atoms with Gasteiger partial charge in [-0.2, -0.15) is 0 Å². The Morgan fingerprint density at radius 2 is 2.07 bits per heavy atom. The number of likely N-dealkylation sites (tertiary alicyclic amines) is 1. The third-order valence-electron chi connectivity index (χ3n) is 5.22. The van der Waals surface area contributed by atoms with E-state index in [1.165, 1.54) is 5.56 Å². The number of ether oxygens (including phenoxy) is 1. The first-order valence-corrected chi connectivity index (χ1v) is 9.71. The average Bonchev–Trinajstić information content (AvgIpc) is 3.20. The molecule has 2 heterocycles. The number of carbonyl (C=O) groups excluding carboxylic acids is 1. The average molecular weight is 371 g/mol. The Morgan fingerprint density at radius 3 is 2.81 bits per heavy atom. The van der Waals surface area contributed by atoms with Crippen molar-refractivity contribution in [2.75, 3.05) is 33.3 Å². The van der Waals surface area contributed by atoms with Gasteiger partial charge in [0, 0.05) is 31.7 Å². The number of aromatic nitrogens is 3. The van der Waals surface area contributed by atoms with Gasteiger partial charge >= 0.3 is 0 Å². The van der Waals surface area contributed by atoms with Crippen LogP contribution < -0.4 is 4.74 Å². The zero-order valence-corrected chi connectivity index (χ0v) is 16.5. The summed E-state index contributed by atoms with van der Waals surface area (Å²) in [5.74, 6) is 0.875. The summed E-state index contributed by atoms with van der Waals surface area (Å²) >= 11 is 0. The molecule has 1 saturated heterocycles. The fourth-order valence-electron chi connectivity index (χ4n) is 3.69. The summed E-state index contributed by atoms with van der Waals surface area (Å²) in [6.07, 6.45) is 3.95. The maximum atomic E-state index is 12.5. The van der Waals surface area contributed by atoms with Crippen LogP contribution in [0, 0.1) is 0 Å². The highest BCUT2D eigenvalue weighted by Gasteiger charge is 2.25. The second-order valence-corrected chi connectivity index (χ2v) is 6.90. The molecule has 1 unspecified atom stereocenters. The van der Waals surface area contributed by atoms with E-state index < -0.39 is 0 Å². The van der Waals surface area contributed by atoms with E-state index in [4.69, 9.17) is 4.74 Å². The van der Waals surface area contributed by atoms with Crippen molar-refractivity contribution in [3.05, 3.63) is 41.7 Å². The molecule has 1 aliphatic rings. The van der Waals surface area contributed by atoms with Gasteiger partial charge in [0.25, 0.3) is 5.91 Å². The first-order valence-electron chi connectivity index (χ1n) is 9.71. The third kappa shape index (κ3) is 4.47. The lowest BCUT2D eigenvalue weighted by Crippen LogP contribution is -2.36. The molecule has 146 valence electrons. The molecule has 1 aromatic carbocycles. The van der Waals surface area contributed by atoms with Crippen LogP contribution in [0.1, 0.15) is 48.8 Å². The standard InChI is InChI=1S/C20H29N5O2/c1-4-24(5-2)20(26)18-15-25(22-21-18)17-10-8-12-23(14-17)13-16-9-6-7-11-19(16)27-3/h6-7,9,11,15,17H,4-5,8,10,12-14H2,1-3H3. The number of amides is 1. The first-order chi connectivity index (χ1) is 13.2. The molecule has 1 aliphatic heterocycles. The number of nitrogens with zero attached hydrogens (tertiary/aromatic N) is 5. The van der Waals surface area contributed by atoms with E-state index in [1.807, 2.05) is 36.7 Å². The molecule has 7 nitrogen and oxygen atoms in total. The third-order valence-corrected chi connectivity index (χ3v) is 5.22. The molecule has 0 spiro atoms. The minimum atomic E-state index is -0.0482. The van der Waals surface area contributed by atoms with Gasteiger partial charge in [-0.15, -0.1) is 5.10 Å². The molecule has 0 N–H and O–H groups in total. The van der Waals surface area contributed by atoms with Gasteiger partial charge in [-0.05, 0) is 39.3 Å². The predicted octanol–water partition coefficient (Wildman–Crippen LogP) is 2.61. The minimum absolute atomic E-state index is 0.0482. The SMILES string of the molecule is CCN(CC)C(=O)c1cn(C2CCCN(Cc3ccccc3OC)C2)nn1. The molecule has 1 amide bonds. The number of benzene rings is 1. The monoisotopic (exact) mass is 371 g/mol. The zero-order valence-electron chi connectivity index (χ0n) is 16.5. The molecule has 0 radical (unpaired) electrons.